The van der Waals surface area contributed by atoms with Crippen molar-refractivity contribution in [2.75, 3.05) is 6.61 Å². The maximum atomic E-state index is 12.3. The molecular formula is C47H93NO3. The number of hydrogen-bond acceptors (Lipinski definition) is 3. The van der Waals surface area contributed by atoms with Crippen molar-refractivity contribution in [3.63, 3.8) is 0 Å². The smallest absolute Gasteiger partial charge is 0.220 e. The SMILES string of the molecule is CCCCCCCCC/C=C/C(O)C(CO)NC(=O)CCCCCCCCCCCCCCCCCCCCCCCCCCCCCCCC. The van der Waals surface area contributed by atoms with Crippen molar-refractivity contribution >= 4 is 5.91 Å². The zero-order chi connectivity index (χ0) is 37.1. The topological polar surface area (TPSA) is 69.6 Å². The van der Waals surface area contributed by atoms with Crippen LogP contribution in [0, 0.1) is 0 Å². The lowest BCUT2D eigenvalue weighted by atomic mass is 10.0. The average molecular weight is 720 g/mol. The van der Waals surface area contributed by atoms with Crippen LogP contribution in [0.3, 0.4) is 0 Å². The van der Waals surface area contributed by atoms with Gasteiger partial charge in [0.05, 0.1) is 18.8 Å². The Labute approximate surface area is 320 Å². The number of rotatable bonds is 43. The van der Waals surface area contributed by atoms with Crippen molar-refractivity contribution in [1.82, 2.24) is 5.32 Å². The number of hydrogen-bond donors (Lipinski definition) is 3. The molecule has 0 rings (SSSR count). The second-order valence-electron chi connectivity index (χ2n) is 16.2. The van der Waals surface area contributed by atoms with Crippen molar-refractivity contribution in [1.29, 1.82) is 0 Å². The van der Waals surface area contributed by atoms with E-state index < -0.39 is 12.1 Å². The molecule has 0 aliphatic rings. The molecule has 0 aliphatic heterocycles. The van der Waals surface area contributed by atoms with E-state index in [1.54, 1.807) is 6.08 Å². The Kier molecular flexibility index (Phi) is 42.8. The summed E-state index contributed by atoms with van der Waals surface area (Å²) in [6.07, 6.45) is 55.0. The van der Waals surface area contributed by atoms with Crippen LogP contribution >= 0.6 is 0 Å². The molecule has 4 heteroatoms. The molecule has 4 nitrogen and oxygen atoms in total. The highest BCUT2D eigenvalue weighted by molar-refractivity contribution is 5.76. The molecule has 304 valence electrons. The first-order valence-electron chi connectivity index (χ1n) is 23.4. The van der Waals surface area contributed by atoms with E-state index in [4.69, 9.17) is 0 Å². The van der Waals surface area contributed by atoms with Gasteiger partial charge >= 0.3 is 0 Å². The van der Waals surface area contributed by atoms with Gasteiger partial charge in [0.2, 0.25) is 5.91 Å². The van der Waals surface area contributed by atoms with E-state index in [9.17, 15) is 15.0 Å². The molecular weight excluding hydrogens is 627 g/mol. The number of allylic oxidation sites excluding steroid dienone is 1. The molecule has 3 N–H and O–H groups in total. The Morgan fingerprint density at radius 1 is 0.451 bits per heavy atom. The maximum absolute atomic E-state index is 12.3. The third kappa shape index (κ3) is 40.2. The van der Waals surface area contributed by atoms with E-state index in [1.807, 2.05) is 6.08 Å². The molecule has 0 aliphatic carbocycles. The monoisotopic (exact) mass is 720 g/mol. The highest BCUT2D eigenvalue weighted by atomic mass is 16.3. The Morgan fingerprint density at radius 3 is 1.02 bits per heavy atom. The third-order valence-corrected chi connectivity index (χ3v) is 11.0. The molecule has 1 amide bonds. The predicted molar refractivity (Wildman–Crippen MR) is 226 cm³/mol. The van der Waals surface area contributed by atoms with Crippen molar-refractivity contribution in [3.05, 3.63) is 12.2 Å². The van der Waals surface area contributed by atoms with Gasteiger partial charge in [-0.25, -0.2) is 0 Å². The molecule has 0 aromatic heterocycles. The Hall–Kier alpha value is -0.870. The van der Waals surface area contributed by atoms with Gasteiger partial charge < -0.3 is 15.5 Å². The fraction of sp³-hybridized carbons (Fsp3) is 0.936. The largest absolute Gasteiger partial charge is 0.394 e. The first-order valence-corrected chi connectivity index (χ1v) is 23.4. The number of unbranched alkanes of at least 4 members (excludes halogenated alkanes) is 36. The summed E-state index contributed by atoms with van der Waals surface area (Å²) in [5.41, 5.74) is 0. The fourth-order valence-corrected chi connectivity index (χ4v) is 7.42. The van der Waals surface area contributed by atoms with E-state index in [2.05, 4.69) is 19.2 Å². The standard InChI is InChI=1S/C47H93NO3/c1-3-5-7-9-11-13-14-15-16-17-18-19-20-21-22-23-24-25-26-27-28-29-30-31-32-33-35-37-39-41-43-47(51)48-45(44-49)46(50)42-40-38-36-34-12-10-8-6-4-2/h40,42,45-46,49-50H,3-39,41,43-44H2,1-2H3,(H,48,51)/b42-40+. The van der Waals surface area contributed by atoms with Gasteiger partial charge in [-0.3, -0.25) is 4.79 Å². The molecule has 0 saturated heterocycles. The highest BCUT2D eigenvalue weighted by Gasteiger charge is 2.17. The van der Waals surface area contributed by atoms with Crippen LogP contribution in [0.15, 0.2) is 12.2 Å². The molecule has 0 bridgehead atoms. The Bertz CT molecular complexity index is 695. The van der Waals surface area contributed by atoms with Gasteiger partial charge in [-0.15, -0.1) is 0 Å². The lowest BCUT2D eigenvalue weighted by Gasteiger charge is -2.20. The molecule has 2 unspecified atom stereocenters. The van der Waals surface area contributed by atoms with Crippen LogP contribution in [-0.2, 0) is 4.79 Å². The Balaban J connectivity index is 3.37. The van der Waals surface area contributed by atoms with Crippen LogP contribution in [-0.4, -0.2) is 34.9 Å². The molecule has 2 atom stereocenters. The summed E-state index contributed by atoms with van der Waals surface area (Å²) in [5, 5.41) is 22.9. The van der Waals surface area contributed by atoms with Gasteiger partial charge in [0, 0.05) is 6.42 Å². The van der Waals surface area contributed by atoms with Gasteiger partial charge in [-0.2, -0.15) is 0 Å². The highest BCUT2D eigenvalue weighted by Crippen LogP contribution is 2.17. The quantitative estimate of drug-likeness (QED) is 0.0434. The van der Waals surface area contributed by atoms with E-state index in [0.717, 1.165) is 25.7 Å². The lowest BCUT2D eigenvalue weighted by molar-refractivity contribution is -0.123. The van der Waals surface area contributed by atoms with E-state index in [1.165, 1.54) is 218 Å². The fourth-order valence-electron chi connectivity index (χ4n) is 7.42. The molecule has 0 spiro atoms. The zero-order valence-corrected chi connectivity index (χ0v) is 34.9. The number of nitrogens with one attached hydrogen (secondary N) is 1. The maximum Gasteiger partial charge on any atom is 0.220 e. The number of aliphatic hydroxyl groups is 2. The predicted octanol–water partition coefficient (Wildman–Crippen LogP) is 14.6. The number of carbonyl (C=O) groups is 1. The summed E-state index contributed by atoms with van der Waals surface area (Å²) in [5.74, 6) is -0.0613. The van der Waals surface area contributed by atoms with Crippen molar-refractivity contribution in [3.8, 4) is 0 Å². The minimum absolute atomic E-state index is 0.0613. The minimum atomic E-state index is -0.832. The van der Waals surface area contributed by atoms with Crippen LogP contribution in [0.1, 0.15) is 264 Å². The number of aliphatic hydroxyl groups excluding tert-OH is 2. The Morgan fingerprint density at radius 2 is 0.725 bits per heavy atom. The van der Waals surface area contributed by atoms with Gasteiger partial charge in [-0.1, -0.05) is 251 Å². The second kappa shape index (κ2) is 43.5. The second-order valence-corrected chi connectivity index (χ2v) is 16.2. The normalized spacial score (nSPS) is 12.9. The van der Waals surface area contributed by atoms with Gasteiger partial charge in [0.1, 0.15) is 0 Å². The van der Waals surface area contributed by atoms with Gasteiger partial charge in [0.25, 0.3) is 0 Å². The van der Waals surface area contributed by atoms with Crippen molar-refractivity contribution in [2.45, 2.75) is 276 Å². The first kappa shape index (κ1) is 50.1. The molecule has 0 radical (unpaired) electrons. The summed E-state index contributed by atoms with van der Waals surface area (Å²) in [4.78, 5) is 12.3. The molecule has 51 heavy (non-hydrogen) atoms. The molecule has 0 aromatic carbocycles. The van der Waals surface area contributed by atoms with Crippen LogP contribution in [0.5, 0.6) is 0 Å². The van der Waals surface area contributed by atoms with Crippen LogP contribution in [0.4, 0.5) is 0 Å². The number of carbonyl (C=O) groups excluding carboxylic acids is 1. The summed E-state index contributed by atoms with van der Waals surface area (Å²) >= 11 is 0. The van der Waals surface area contributed by atoms with Gasteiger partial charge in [-0.05, 0) is 19.3 Å². The zero-order valence-electron chi connectivity index (χ0n) is 34.9. The molecule has 0 heterocycles. The van der Waals surface area contributed by atoms with Crippen LogP contribution in [0.2, 0.25) is 0 Å². The first-order chi connectivity index (χ1) is 25.2. The van der Waals surface area contributed by atoms with E-state index >= 15 is 0 Å². The summed E-state index contributed by atoms with van der Waals surface area (Å²) in [6.45, 7) is 4.30. The van der Waals surface area contributed by atoms with Crippen molar-refractivity contribution < 1.29 is 15.0 Å². The van der Waals surface area contributed by atoms with E-state index in [-0.39, 0.29) is 12.5 Å². The van der Waals surface area contributed by atoms with Crippen LogP contribution in [0.25, 0.3) is 0 Å². The summed E-state index contributed by atoms with van der Waals surface area (Å²) in [7, 11) is 0. The molecule has 0 fully saturated rings. The molecule has 0 saturated carbocycles. The number of amides is 1. The van der Waals surface area contributed by atoms with Gasteiger partial charge in [0.15, 0.2) is 0 Å². The third-order valence-electron chi connectivity index (χ3n) is 11.0. The summed E-state index contributed by atoms with van der Waals surface area (Å²) in [6, 6.07) is -0.615. The van der Waals surface area contributed by atoms with E-state index in [0.29, 0.717) is 6.42 Å². The lowest BCUT2D eigenvalue weighted by Crippen LogP contribution is -2.45. The minimum Gasteiger partial charge on any atom is -0.394 e. The van der Waals surface area contributed by atoms with Crippen LogP contribution < -0.4 is 5.32 Å². The molecule has 0 aromatic rings. The average Bonchev–Trinajstić information content (AvgIpc) is 3.13. The summed E-state index contributed by atoms with van der Waals surface area (Å²) < 4.78 is 0. The van der Waals surface area contributed by atoms with Crippen molar-refractivity contribution in [2.24, 2.45) is 0 Å².